The monoisotopic (exact) mass is 419 g/mol. The molecule has 0 aromatic heterocycles. The molecule has 31 heavy (non-hydrogen) atoms. The maximum atomic E-state index is 13.5. The molecule has 2 aliphatic heterocycles. The molecular formula is C25H26FN3O2. The summed E-state index contributed by atoms with van der Waals surface area (Å²) in [6.07, 6.45) is 0. The van der Waals surface area contributed by atoms with Gasteiger partial charge < -0.3 is 14.4 Å². The van der Waals surface area contributed by atoms with E-state index in [4.69, 9.17) is 9.47 Å². The summed E-state index contributed by atoms with van der Waals surface area (Å²) in [5, 5.41) is 0. The van der Waals surface area contributed by atoms with Crippen molar-refractivity contribution >= 4 is 5.69 Å². The van der Waals surface area contributed by atoms with Gasteiger partial charge in [0, 0.05) is 24.7 Å². The smallest absolute Gasteiger partial charge is 0.123 e. The second-order valence-corrected chi connectivity index (χ2v) is 8.11. The van der Waals surface area contributed by atoms with Gasteiger partial charge in [-0.3, -0.25) is 0 Å². The Balaban J connectivity index is 1.49. The molecule has 5 nitrogen and oxygen atoms in total. The molecule has 2 N–H and O–H groups in total. The van der Waals surface area contributed by atoms with Crippen molar-refractivity contribution < 1.29 is 13.9 Å². The molecule has 3 aromatic rings. The van der Waals surface area contributed by atoms with Crippen molar-refractivity contribution in [1.29, 1.82) is 0 Å². The van der Waals surface area contributed by atoms with E-state index in [0.29, 0.717) is 0 Å². The highest BCUT2D eigenvalue weighted by Gasteiger charge is 2.43. The summed E-state index contributed by atoms with van der Waals surface area (Å²) in [6, 6.07) is 21.5. The number of hydrogen-bond donors (Lipinski definition) is 2. The first kappa shape index (κ1) is 19.8. The van der Waals surface area contributed by atoms with Gasteiger partial charge in [-0.05, 0) is 59.2 Å². The fourth-order valence-electron chi connectivity index (χ4n) is 4.76. The zero-order chi connectivity index (χ0) is 21.4. The van der Waals surface area contributed by atoms with Gasteiger partial charge in [0.1, 0.15) is 17.3 Å². The van der Waals surface area contributed by atoms with Crippen molar-refractivity contribution in [1.82, 2.24) is 10.9 Å². The fraction of sp³-hybridized carbons (Fsp3) is 0.280. The summed E-state index contributed by atoms with van der Waals surface area (Å²) in [7, 11) is 3.37. The van der Waals surface area contributed by atoms with Crippen LogP contribution in [-0.2, 0) is 6.54 Å². The topological polar surface area (TPSA) is 45.8 Å². The third kappa shape index (κ3) is 3.73. The number of ether oxygens (including phenoxy) is 2. The highest BCUT2D eigenvalue weighted by molar-refractivity contribution is 5.61. The lowest BCUT2D eigenvalue weighted by molar-refractivity contribution is 0.392. The SMILES string of the molecule is COc1ccc(CN2CC3C(c4ccc(F)cc4)NNC3c3cc(OC)ccc32)cc1. The first-order chi connectivity index (χ1) is 15.2. The zero-order valence-electron chi connectivity index (χ0n) is 17.6. The largest absolute Gasteiger partial charge is 0.497 e. The van der Waals surface area contributed by atoms with E-state index >= 15 is 0 Å². The van der Waals surface area contributed by atoms with E-state index < -0.39 is 0 Å². The Bertz CT molecular complexity index is 1060. The molecule has 0 radical (unpaired) electrons. The number of anilines is 1. The predicted molar refractivity (Wildman–Crippen MR) is 119 cm³/mol. The van der Waals surface area contributed by atoms with Crippen molar-refractivity contribution in [3.63, 3.8) is 0 Å². The van der Waals surface area contributed by atoms with Crippen LogP contribution in [0.1, 0.15) is 28.8 Å². The van der Waals surface area contributed by atoms with Crippen LogP contribution in [0.25, 0.3) is 0 Å². The van der Waals surface area contributed by atoms with Gasteiger partial charge in [0.05, 0.1) is 26.3 Å². The third-order valence-electron chi connectivity index (χ3n) is 6.35. The van der Waals surface area contributed by atoms with Crippen LogP contribution >= 0.6 is 0 Å². The second-order valence-electron chi connectivity index (χ2n) is 8.11. The van der Waals surface area contributed by atoms with E-state index in [1.54, 1.807) is 14.2 Å². The van der Waals surface area contributed by atoms with Gasteiger partial charge in [-0.2, -0.15) is 0 Å². The molecule has 0 bridgehead atoms. The Morgan fingerprint density at radius 1 is 0.871 bits per heavy atom. The summed E-state index contributed by atoms with van der Waals surface area (Å²) in [6.45, 7) is 1.67. The van der Waals surface area contributed by atoms with Crippen LogP contribution in [0.4, 0.5) is 10.1 Å². The van der Waals surface area contributed by atoms with Gasteiger partial charge in [0.25, 0.3) is 0 Å². The number of methoxy groups -OCH3 is 2. The molecular weight excluding hydrogens is 393 g/mol. The van der Waals surface area contributed by atoms with E-state index in [9.17, 15) is 4.39 Å². The van der Waals surface area contributed by atoms with E-state index in [1.165, 1.54) is 28.9 Å². The van der Waals surface area contributed by atoms with Crippen LogP contribution in [-0.4, -0.2) is 20.8 Å². The molecule has 2 aliphatic rings. The van der Waals surface area contributed by atoms with Crippen LogP contribution in [0.2, 0.25) is 0 Å². The maximum absolute atomic E-state index is 13.5. The van der Waals surface area contributed by atoms with Gasteiger partial charge >= 0.3 is 0 Å². The van der Waals surface area contributed by atoms with E-state index in [2.05, 4.69) is 40.0 Å². The van der Waals surface area contributed by atoms with Crippen molar-refractivity contribution in [3.05, 3.63) is 89.2 Å². The molecule has 3 atom stereocenters. The summed E-state index contributed by atoms with van der Waals surface area (Å²) in [4.78, 5) is 2.42. The maximum Gasteiger partial charge on any atom is 0.123 e. The van der Waals surface area contributed by atoms with Crippen LogP contribution < -0.4 is 25.2 Å². The highest BCUT2D eigenvalue weighted by Crippen LogP contribution is 2.46. The molecule has 1 saturated heterocycles. The number of rotatable bonds is 5. The lowest BCUT2D eigenvalue weighted by Gasteiger charge is -2.39. The number of nitrogens with zero attached hydrogens (tertiary/aromatic N) is 1. The molecule has 6 heteroatoms. The fourth-order valence-corrected chi connectivity index (χ4v) is 4.76. The quantitative estimate of drug-likeness (QED) is 0.643. The number of nitrogens with one attached hydrogen (secondary N) is 2. The molecule has 3 unspecified atom stereocenters. The van der Waals surface area contributed by atoms with Crippen molar-refractivity contribution in [3.8, 4) is 11.5 Å². The molecule has 160 valence electrons. The molecule has 5 rings (SSSR count). The molecule has 2 heterocycles. The minimum absolute atomic E-state index is 0.0864. The summed E-state index contributed by atoms with van der Waals surface area (Å²) >= 11 is 0. The highest BCUT2D eigenvalue weighted by atomic mass is 19.1. The second kappa shape index (κ2) is 8.21. The Kier molecular flexibility index (Phi) is 5.26. The molecule has 0 amide bonds. The average molecular weight is 420 g/mol. The molecule has 0 spiro atoms. The molecule has 0 aliphatic carbocycles. The molecule has 0 saturated carbocycles. The van der Waals surface area contributed by atoms with Crippen molar-refractivity contribution in [2.75, 3.05) is 25.7 Å². The molecule has 1 fully saturated rings. The number of hydrogen-bond acceptors (Lipinski definition) is 5. The van der Waals surface area contributed by atoms with Gasteiger partial charge in [0.15, 0.2) is 0 Å². The summed E-state index contributed by atoms with van der Waals surface area (Å²) in [5.74, 6) is 1.76. The molecule has 3 aromatic carbocycles. The lowest BCUT2D eigenvalue weighted by atomic mass is 9.82. The van der Waals surface area contributed by atoms with E-state index in [1.807, 2.05) is 30.3 Å². The normalized spacial score (nSPS) is 22.0. The van der Waals surface area contributed by atoms with Gasteiger partial charge in [-0.15, -0.1) is 0 Å². The number of benzene rings is 3. The van der Waals surface area contributed by atoms with Crippen LogP contribution in [0.5, 0.6) is 11.5 Å². The average Bonchev–Trinajstić information content (AvgIpc) is 3.24. The van der Waals surface area contributed by atoms with E-state index in [0.717, 1.165) is 30.2 Å². The Hall–Kier alpha value is -3.09. The van der Waals surface area contributed by atoms with Gasteiger partial charge in [-0.1, -0.05) is 24.3 Å². The first-order valence-electron chi connectivity index (χ1n) is 10.5. The predicted octanol–water partition coefficient (Wildman–Crippen LogP) is 4.37. The minimum atomic E-state index is -0.217. The van der Waals surface area contributed by atoms with Gasteiger partial charge in [0.2, 0.25) is 0 Å². The summed E-state index contributed by atoms with van der Waals surface area (Å²) < 4.78 is 24.3. The van der Waals surface area contributed by atoms with E-state index in [-0.39, 0.29) is 23.8 Å². The Morgan fingerprint density at radius 3 is 2.26 bits per heavy atom. The Labute approximate surface area is 181 Å². The zero-order valence-corrected chi connectivity index (χ0v) is 17.6. The third-order valence-corrected chi connectivity index (χ3v) is 6.35. The summed E-state index contributed by atoms with van der Waals surface area (Å²) in [5.41, 5.74) is 11.7. The minimum Gasteiger partial charge on any atom is -0.497 e. The van der Waals surface area contributed by atoms with Crippen LogP contribution in [0.3, 0.4) is 0 Å². The number of hydrazine groups is 1. The number of fused-ring (bicyclic) bond motifs is 3. The first-order valence-corrected chi connectivity index (χ1v) is 10.5. The van der Waals surface area contributed by atoms with Crippen molar-refractivity contribution in [2.45, 2.75) is 18.6 Å². The van der Waals surface area contributed by atoms with Gasteiger partial charge in [-0.25, -0.2) is 15.2 Å². The van der Waals surface area contributed by atoms with Crippen LogP contribution in [0.15, 0.2) is 66.7 Å². The van der Waals surface area contributed by atoms with Crippen LogP contribution in [0, 0.1) is 11.7 Å². The lowest BCUT2D eigenvalue weighted by Crippen LogP contribution is -2.39. The van der Waals surface area contributed by atoms with Crippen molar-refractivity contribution in [2.24, 2.45) is 5.92 Å². The standard InChI is InChI=1S/C25H26FN3O2/c1-30-19-9-3-16(4-10-19)14-29-15-22-24(17-5-7-18(26)8-6-17)27-28-25(22)21-13-20(31-2)11-12-23(21)29/h3-13,22,24-25,27-28H,14-15H2,1-2H3. The Morgan fingerprint density at radius 2 is 1.55 bits per heavy atom. The number of halogens is 1.